The highest BCUT2D eigenvalue weighted by Gasteiger charge is 2.30. The first-order valence-corrected chi connectivity index (χ1v) is 10.9. The van der Waals surface area contributed by atoms with Crippen LogP contribution in [0.25, 0.3) is 11.3 Å². The van der Waals surface area contributed by atoms with Crippen LogP contribution in [0.2, 0.25) is 0 Å². The van der Waals surface area contributed by atoms with Gasteiger partial charge in [-0.05, 0) is 44.7 Å². The number of aromatic nitrogens is 4. The van der Waals surface area contributed by atoms with Crippen molar-refractivity contribution in [1.29, 1.82) is 0 Å². The van der Waals surface area contributed by atoms with E-state index in [0.717, 1.165) is 68.2 Å². The molecule has 3 aromatic rings. The highest BCUT2D eigenvalue weighted by molar-refractivity contribution is 5.92. The molecule has 0 radical (unpaired) electrons. The van der Waals surface area contributed by atoms with Crippen molar-refractivity contribution in [3.05, 3.63) is 53.7 Å². The van der Waals surface area contributed by atoms with Gasteiger partial charge in [0.25, 0.3) is 5.91 Å². The normalized spacial score (nSPS) is 19.1. The molecule has 2 aliphatic rings. The molecule has 31 heavy (non-hydrogen) atoms. The fraction of sp³-hybridized carbons (Fsp3) is 0.435. The van der Waals surface area contributed by atoms with E-state index in [4.69, 9.17) is 9.51 Å². The van der Waals surface area contributed by atoms with Crippen molar-refractivity contribution in [3.63, 3.8) is 0 Å². The van der Waals surface area contributed by atoms with E-state index < -0.39 is 0 Å². The lowest BCUT2D eigenvalue weighted by Crippen LogP contribution is -2.40. The van der Waals surface area contributed by atoms with Crippen LogP contribution in [0.3, 0.4) is 0 Å². The number of anilines is 1. The molecule has 2 fully saturated rings. The Morgan fingerprint density at radius 1 is 1.13 bits per heavy atom. The third-order valence-corrected chi connectivity index (χ3v) is 6.07. The van der Waals surface area contributed by atoms with Crippen LogP contribution in [0.15, 0.2) is 41.2 Å². The highest BCUT2D eigenvalue weighted by atomic mass is 16.5. The molecule has 0 spiro atoms. The Labute approximate surface area is 181 Å². The van der Waals surface area contributed by atoms with Gasteiger partial charge in [0.05, 0.1) is 17.0 Å². The number of carbonyl (C=O) groups excluding carboxylic acids is 1. The van der Waals surface area contributed by atoms with Gasteiger partial charge in [-0.3, -0.25) is 9.78 Å². The van der Waals surface area contributed by atoms with Gasteiger partial charge in [-0.25, -0.2) is 9.97 Å². The maximum Gasteiger partial charge on any atom is 0.272 e. The van der Waals surface area contributed by atoms with Gasteiger partial charge in [0, 0.05) is 50.6 Å². The summed E-state index contributed by atoms with van der Waals surface area (Å²) < 4.78 is 5.56. The molecule has 0 saturated carbocycles. The Morgan fingerprint density at radius 3 is 2.74 bits per heavy atom. The maximum atomic E-state index is 13.0. The Morgan fingerprint density at radius 2 is 2.00 bits per heavy atom. The zero-order chi connectivity index (χ0) is 21.2. The predicted molar refractivity (Wildman–Crippen MR) is 116 cm³/mol. The van der Waals surface area contributed by atoms with Crippen LogP contribution in [-0.4, -0.2) is 57.1 Å². The summed E-state index contributed by atoms with van der Waals surface area (Å²) in [4.78, 5) is 31.0. The first-order chi connectivity index (χ1) is 15.2. The Kier molecular flexibility index (Phi) is 5.36. The molecule has 160 valence electrons. The van der Waals surface area contributed by atoms with Crippen molar-refractivity contribution in [3.8, 4) is 11.3 Å². The Balaban J connectivity index is 1.48. The summed E-state index contributed by atoms with van der Waals surface area (Å²) in [7, 11) is 0. The highest BCUT2D eigenvalue weighted by Crippen LogP contribution is 2.35. The van der Waals surface area contributed by atoms with Crippen LogP contribution in [0.1, 0.15) is 53.5 Å². The fourth-order valence-corrected chi connectivity index (χ4v) is 4.48. The number of likely N-dealkylation sites (tertiary alicyclic amines) is 1. The van der Waals surface area contributed by atoms with E-state index in [2.05, 4.69) is 20.0 Å². The van der Waals surface area contributed by atoms with Crippen molar-refractivity contribution >= 4 is 11.9 Å². The molecule has 0 aliphatic carbocycles. The van der Waals surface area contributed by atoms with E-state index >= 15 is 0 Å². The van der Waals surface area contributed by atoms with E-state index in [1.807, 2.05) is 36.2 Å². The van der Waals surface area contributed by atoms with Crippen molar-refractivity contribution in [2.24, 2.45) is 0 Å². The number of pyridine rings is 1. The molecule has 0 unspecified atom stereocenters. The third kappa shape index (κ3) is 4.02. The average molecular weight is 419 g/mol. The standard InChI is InChI=1S/C23H26N6O2/c1-16-13-20(31-27-16)18-14-25-23(28-10-4-5-11-28)26-21(18)17-7-6-12-29(15-17)22(30)19-8-2-3-9-24-19/h2-3,8-9,13-14,17H,4-7,10-12,15H2,1H3/t17-/m1/s1. The SMILES string of the molecule is Cc1cc(-c2cnc(N3CCCC3)nc2[C@@H]2CCCN(C(=O)c3ccccn3)C2)on1. The minimum Gasteiger partial charge on any atom is -0.356 e. The number of aryl methyl sites for hydroxylation is 1. The van der Waals surface area contributed by atoms with E-state index in [1.54, 1.807) is 12.3 Å². The smallest absolute Gasteiger partial charge is 0.272 e. The number of amides is 1. The molecule has 1 amide bonds. The largest absolute Gasteiger partial charge is 0.356 e. The number of nitrogens with zero attached hydrogens (tertiary/aromatic N) is 6. The molecule has 8 heteroatoms. The summed E-state index contributed by atoms with van der Waals surface area (Å²) in [5, 5.41) is 4.05. The second-order valence-electron chi connectivity index (χ2n) is 8.30. The van der Waals surface area contributed by atoms with Crippen LogP contribution in [0.5, 0.6) is 0 Å². The van der Waals surface area contributed by atoms with Gasteiger partial charge >= 0.3 is 0 Å². The van der Waals surface area contributed by atoms with Crippen LogP contribution in [0.4, 0.5) is 5.95 Å². The molecule has 2 saturated heterocycles. The van der Waals surface area contributed by atoms with Crippen molar-refractivity contribution < 1.29 is 9.32 Å². The molecular weight excluding hydrogens is 392 g/mol. The minimum atomic E-state index is -0.0313. The van der Waals surface area contributed by atoms with E-state index in [1.165, 1.54) is 0 Å². The summed E-state index contributed by atoms with van der Waals surface area (Å²) >= 11 is 0. The van der Waals surface area contributed by atoms with Gasteiger partial charge in [0.2, 0.25) is 5.95 Å². The zero-order valence-corrected chi connectivity index (χ0v) is 17.7. The first kappa shape index (κ1) is 19.7. The lowest BCUT2D eigenvalue weighted by atomic mass is 9.91. The van der Waals surface area contributed by atoms with Crippen molar-refractivity contribution in [1.82, 2.24) is 25.0 Å². The maximum absolute atomic E-state index is 13.0. The van der Waals surface area contributed by atoms with Crippen LogP contribution in [0, 0.1) is 6.92 Å². The molecule has 0 N–H and O–H groups in total. The second kappa shape index (κ2) is 8.45. The van der Waals surface area contributed by atoms with E-state index in [0.29, 0.717) is 18.0 Å². The molecule has 5 rings (SSSR count). The lowest BCUT2D eigenvalue weighted by molar-refractivity contribution is 0.0700. The molecular formula is C23H26N6O2. The second-order valence-corrected chi connectivity index (χ2v) is 8.30. The Bertz CT molecular complexity index is 1060. The van der Waals surface area contributed by atoms with Gasteiger partial charge in [0.1, 0.15) is 5.69 Å². The average Bonchev–Trinajstić information content (AvgIpc) is 3.51. The molecule has 5 heterocycles. The topological polar surface area (TPSA) is 88.3 Å². The third-order valence-electron chi connectivity index (χ3n) is 6.07. The van der Waals surface area contributed by atoms with Gasteiger partial charge in [-0.1, -0.05) is 11.2 Å². The van der Waals surface area contributed by atoms with Crippen LogP contribution >= 0.6 is 0 Å². The lowest BCUT2D eigenvalue weighted by Gasteiger charge is -2.33. The number of hydrogen-bond acceptors (Lipinski definition) is 7. The fourth-order valence-electron chi connectivity index (χ4n) is 4.48. The predicted octanol–water partition coefficient (Wildman–Crippen LogP) is 3.46. The van der Waals surface area contributed by atoms with Gasteiger partial charge in [0.15, 0.2) is 5.76 Å². The van der Waals surface area contributed by atoms with Crippen molar-refractivity contribution in [2.45, 2.75) is 38.5 Å². The molecule has 0 aromatic carbocycles. The molecule has 0 bridgehead atoms. The monoisotopic (exact) mass is 418 g/mol. The van der Waals surface area contributed by atoms with Crippen LogP contribution in [-0.2, 0) is 0 Å². The minimum absolute atomic E-state index is 0.0313. The van der Waals surface area contributed by atoms with E-state index in [9.17, 15) is 4.79 Å². The summed E-state index contributed by atoms with van der Waals surface area (Å²) in [6, 6.07) is 7.35. The van der Waals surface area contributed by atoms with Gasteiger partial charge < -0.3 is 14.3 Å². The summed E-state index contributed by atoms with van der Waals surface area (Å²) in [5.74, 6) is 1.51. The summed E-state index contributed by atoms with van der Waals surface area (Å²) in [6.07, 6.45) is 7.72. The van der Waals surface area contributed by atoms with Crippen LogP contribution < -0.4 is 4.90 Å². The number of rotatable bonds is 4. The van der Waals surface area contributed by atoms with Gasteiger partial charge in [-0.2, -0.15) is 0 Å². The zero-order valence-electron chi connectivity index (χ0n) is 17.7. The molecule has 2 aliphatic heterocycles. The molecule has 1 atom stereocenters. The first-order valence-electron chi connectivity index (χ1n) is 10.9. The number of carbonyl (C=O) groups is 1. The number of hydrogen-bond donors (Lipinski definition) is 0. The molecule has 8 nitrogen and oxygen atoms in total. The summed E-state index contributed by atoms with van der Waals surface area (Å²) in [6.45, 7) is 5.20. The Hall–Kier alpha value is -3.29. The molecule has 3 aromatic heterocycles. The number of piperidine rings is 1. The van der Waals surface area contributed by atoms with E-state index in [-0.39, 0.29) is 11.8 Å². The van der Waals surface area contributed by atoms with Crippen molar-refractivity contribution in [2.75, 3.05) is 31.1 Å². The summed E-state index contributed by atoms with van der Waals surface area (Å²) in [5.41, 5.74) is 3.10. The quantitative estimate of drug-likeness (QED) is 0.641. The van der Waals surface area contributed by atoms with Gasteiger partial charge in [-0.15, -0.1) is 0 Å².